The summed E-state index contributed by atoms with van der Waals surface area (Å²) < 4.78 is 16.8. The standard InChI is InChI=1S/C29H34O5/c30-27-16-7-19-32-28(27)21-33-29(31)18-17-24-12-6-11-23(24)10-4-8-22-9-5-15-26(20-22)34-25-13-2-1-3-14-25/h1-3,5-6,9,11,13-15,20,27-28,30H,4,7-8,10,12,16-19,21H2/t27-,28?/m1/s1. The topological polar surface area (TPSA) is 65.0 Å². The van der Waals surface area contributed by atoms with Crippen LogP contribution in [0.2, 0.25) is 0 Å². The van der Waals surface area contributed by atoms with Gasteiger partial charge >= 0.3 is 5.97 Å². The first-order valence-corrected chi connectivity index (χ1v) is 12.3. The lowest BCUT2D eigenvalue weighted by Gasteiger charge is -2.27. The number of aliphatic hydroxyl groups excluding tert-OH is 1. The summed E-state index contributed by atoms with van der Waals surface area (Å²) in [6, 6.07) is 18.1. The predicted octanol–water partition coefficient (Wildman–Crippen LogP) is 5.92. The Morgan fingerprint density at radius 1 is 1.03 bits per heavy atom. The van der Waals surface area contributed by atoms with Crippen LogP contribution in [-0.2, 0) is 20.7 Å². The number of carbonyl (C=O) groups excluding carboxylic acids is 1. The lowest BCUT2D eigenvalue weighted by molar-refractivity contribution is -0.155. The van der Waals surface area contributed by atoms with Crippen molar-refractivity contribution in [2.24, 2.45) is 0 Å². The third-order valence-corrected chi connectivity index (χ3v) is 6.37. The average Bonchev–Trinajstić information content (AvgIpc) is 3.30. The Labute approximate surface area is 202 Å². The molecule has 34 heavy (non-hydrogen) atoms. The zero-order valence-electron chi connectivity index (χ0n) is 19.7. The van der Waals surface area contributed by atoms with Crippen LogP contribution in [0, 0.1) is 0 Å². The van der Waals surface area contributed by atoms with Gasteiger partial charge in [0.2, 0.25) is 0 Å². The van der Waals surface area contributed by atoms with Crippen LogP contribution < -0.4 is 4.74 Å². The number of carbonyl (C=O) groups is 1. The first-order chi connectivity index (χ1) is 16.7. The first-order valence-electron chi connectivity index (χ1n) is 12.3. The van der Waals surface area contributed by atoms with E-state index in [2.05, 4.69) is 24.3 Å². The maximum atomic E-state index is 12.2. The van der Waals surface area contributed by atoms with Gasteiger partial charge in [0.25, 0.3) is 0 Å². The Kier molecular flexibility index (Phi) is 8.94. The first kappa shape index (κ1) is 24.2. The van der Waals surface area contributed by atoms with Gasteiger partial charge < -0.3 is 19.3 Å². The molecule has 2 aromatic rings. The fourth-order valence-electron chi connectivity index (χ4n) is 4.47. The molecular formula is C29H34O5. The Morgan fingerprint density at radius 3 is 2.74 bits per heavy atom. The van der Waals surface area contributed by atoms with E-state index in [1.807, 2.05) is 42.5 Å². The van der Waals surface area contributed by atoms with Gasteiger partial charge in [0.1, 0.15) is 24.2 Å². The average molecular weight is 463 g/mol. The second-order valence-corrected chi connectivity index (χ2v) is 8.95. The second-order valence-electron chi connectivity index (χ2n) is 8.95. The van der Waals surface area contributed by atoms with Gasteiger partial charge in [0, 0.05) is 13.0 Å². The Balaban J connectivity index is 1.20. The van der Waals surface area contributed by atoms with Crippen molar-refractivity contribution in [3.63, 3.8) is 0 Å². The summed E-state index contributed by atoms with van der Waals surface area (Å²) in [5.41, 5.74) is 3.93. The summed E-state index contributed by atoms with van der Waals surface area (Å²) in [5, 5.41) is 9.93. The van der Waals surface area contributed by atoms with E-state index in [-0.39, 0.29) is 12.6 Å². The highest BCUT2D eigenvalue weighted by Crippen LogP contribution is 2.28. The van der Waals surface area contributed by atoms with E-state index in [1.54, 1.807) is 0 Å². The highest BCUT2D eigenvalue weighted by atomic mass is 16.6. The summed E-state index contributed by atoms with van der Waals surface area (Å²) in [7, 11) is 0. The molecular weight excluding hydrogens is 428 g/mol. The van der Waals surface area contributed by atoms with Crippen molar-refractivity contribution in [2.45, 2.75) is 63.6 Å². The minimum absolute atomic E-state index is 0.136. The number of aryl methyl sites for hydroxylation is 1. The van der Waals surface area contributed by atoms with Crippen molar-refractivity contribution in [1.82, 2.24) is 0 Å². The molecule has 5 nitrogen and oxygen atoms in total. The molecule has 4 rings (SSSR count). The SMILES string of the molecule is O=C(CCC1=C(CCCc2cccc(Oc3ccccc3)c2)C=CC1)OCC1OCCC[C@H]1O. The molecule has 0 spiro atoms. The quantitative estimate of drug-likeness (QED) is 0.420. The molecule has 1 heterocycles. The predicted molar refractivity (Wildman–Crippen MR) is 132 cm³/mol. The molecule has 0 aromatic heterocycles. The molecule has 2 aliphatic rings. The number of rotatable bonds is 11. The summed E-state index contributed by atoms with van der Waals surface area (Å²) >= 11 is 0. The zero-order chi connectivity index (χ0) is 23.6. The molecule has 1 N–H and O–H groups in total. The van der Waals surface area contributed by atoms with Gasteiger partial charge in [-0.1, -0.05) is 48.1 Å². The molecule has 1 fully saturated rings. The Morgan fingerprint density at radius 2 is 1.88 bits per heavy atom. The number of aliphatic hydroxyl groups is 1. The number of esters is 1. The molecule has 5 heteroatoms. The number of allylic oxidation sites excluding steroid dienone is 4. The molecule has 180 valence electrons. The van der Waals surface area contributed by atoms with E-state index in [0.717, 1.165) is 50.0 Å². The van der Waals surface area contributed by atoms with Crippen LogP contribution in [0.3, 0.4) is 0 Å². The van der Waals surface area contributed by atoms with E-state index in [9.17, 15) is 9.90 Å². The number of hydrogen-bond acceptors (Lipinski definition) is 5. The fourth-order valence-corrected chi connectivity index (χ4v) is 4.47. The van der Waals surface area contributed by atoms with Crippen LogP contribution in [0.4, 0.5) is 0 Å². The van der Waals surface area contributed by atoms with E-state index in [1.165, 1.54) is 16.7 Å². The van der Waals surface area contributed by atoms with Gasteiger partial charge in [-0.2, -0.15) is 0 Å². The Bertz CT molecular complexity index is 995. The van der Waals surface area contributed by atoms with Gasteiger partial charge in [-0.3, -0.25) is 4.79 Å². The van der Waals surface area contributed by atoms with Gasteiger partial charge in [0.15, 0.2) is 0 Å². The summed E-state index contributed by atoms with van der Waals surface area (Å²) in [6.07, 6.45) is 9.99. The molecule has 1 saturated heterocycles. The van der Waals surface area contributed by atoms with Gasteiger partial charge in [-0.25, -0.2) is 0 Å². The highest BCUT2D eigenvalue weighted by Gasteiger charge is 2.25. The number of hydrogen-bond donors (Lipinski definition) is 1. The lowest BCUT2D eigenvalue weighted by Crippen LogP contribution is -2.38. The molecule has 0 radical (unpaired) electrons. The maximum Gasteiger partial charge on any atom is 0.306 e. The van der Waals surface area contributed by atoms with Gasteiger partial charge in [0.05, 0.1) is 6.10 Å². The van der Waals surface area contributed by atoms with Crippen LogP contribution in [-0.4, -0.2) is 36.5 Å². The van der Waals surface area contributed by atoms with Gasteiger partial charge in [-0.05, 0) is 80.3 Å². The summed E-state index contributed by atoms with van der Waals surface area (Å²) in [6.45, 7) is 0.753. The second kappa shape index (κ2) is 12.5. The third-order valence-electron chi connectivity index (χ3n) is 6.37. The summed E-state index contributed by atoms with van der Waals surface area (Å²) in [4.78, 5) is 12.2. The third kappa shape index (κ3) is 7.31. The molecule has 1 aliphatic heterocycles. The molecule has 2 aromatic carbocycles. The highest BCUT2D eigenvalue weighted by molar-refractivity contribution is 5.69. The minimum Gasteiger partial charge on any atom is -0.463 e. The van der Waals surface area contributed by atoms with Crippen LogP contribution in [0.1, 0.15) is 50.5 Å². The fraction of sp³-hybridized carbons (Fsp3) is 0.414. The van der Waals surface area contributed by atoms with E-state index >= 15 is 0 Å². The number of benzene rings is 2. The van der Waals surface area contributed by atoms with Crippen molar-refractivity contribution in [3.8, 4) is 11.5 Å². The molecule has 0 saturated carbocycles. The zero-order valence-corrected chi connectivity index (χ0v) is 19.7. The van der Waals surface area contributed by atoms with Crippen molar-refractivity contribution >= 4 is 5.97 Å². The molecule has 0 bridgehead atoms. The molecule has 1 aliphatic carbocycles. The lowest BCUT2D eigenvalue weighted by atomic mass is 9.99. The van der Waals surface area contributed by atoms with Crippen molar-refractivity contribution in [3.05, 3.63) is 83.5 Å². The maximum absolute atomic E-state index is 12.2. The van der Waals surface area contributed by atoms with Crippen molar-refractivity contribution < 1.29 is 24.1 Å². The van der Waals surface area contributed by atoms with Gasteiger partial charge in [-0.15, -0.1) is 0 Å². The largest absolute Gasteiger partial charge is 0.463 e. The molecule has 2 atom stereocenters. The minimum atomic E-state index is -0.541. The number of ether oxygens (including phenoxy) is 3. The van der Waals surface area contributed by atoms with Crippen LogP contribution in [0.5, 0.6) is 11.5 Å². The van der Waals surface area contributed by atoms with Crippen molar-refractivity contribution in [2.75, 3.05) is 13.2 Å². The van der Waals surface area contributed by atoms with Crippen LogP contribution >= 0.6 is 0 Å². The molecule has 0 amide bonds. The van der Waals surface area contributed by atoms with Crippen LogP contribution in [0.15, 0.2) is 77.9 Å². The van der Waals surface area contributed by atoms with Crippen LogP contribution in [0.25, 0.3) is 0 Å². The smallest absolute Gasteiger partial charge is 0.306 e. The monoisotopic (exact) mass is 462 g/mol. The van der Waals surface area contributed by atoms with E-state index < -0.39 is 12.2 Å². The molecule has 1 unspecified atom stereocenters. The van der Waals surface area contributed by atoms with E-state index in [4.69, 9.17) is 14.2 Å². The Hall–Kier alpha value is -2.89. The van der Waals surface area contributed by atoms with E-state index in [0.29, 0.717) is 19.4 Å². The van der Waals surface area contributed by atoms with Crippen molar-refractivity contribution in [1.29, 1.82) is 0 Å². The summed E-state index contributed by atoms with van der Waals surface area (Å²) in [5.74, 6) is 1.47. The number of para-hydroxylation sites is 1. The normalized spacial score (nSPS) is 19.9.